The van der Waals surface area contributed by atoms with E-state index in [1.165, 1.54) is 38.0 Å². The Hall–Kier alpha value is -0.880. The van der Waals surface area contributed by atoms with Gasteiger partial charge in [-0.1, -0.05) is 0 Å². The van der Waals surface area contributed by atoms with E-state index in [0.29, 0.717) is 12.3 Å². The Morgan fingerprint density at radius 3 is 2.29 bits per heavy atom. The van der Waals surface area contributed by atoms with E-state index in [4.69, 9.17) is 4.74 Å². The Bertz CT molecular complexity index is 434. The van der Waals surface area contributed by atoms with Gasteiger partial charge in [-0.2, -0.15) is 0 Å². The zero-order chi connectivity index (χ0) is 15.1. The first-order valence-corrected chi connectivity index (χ1v) is 11.0. The van der Waals surface area contributed by atoms with Crippen LogP contribution in [0.2, 0.25) is 0 Å². The number of esters is 1. The van der Waals surface area contributed by atoms with Gasteiger partial charge in [0.1, 0.15) is 0 Å². The molecule has 0 N–H and O–H groups in total. The van der Waals surface area contributed by atoms with Gasteiger partial charge in [-0.25, -0.2) is 0 Å². The summed E-state index contributed by atoms with van der Waals surface area (Å²) in [6.07, 6.45) is 8.67. The number of benzene rings is 1. The minimum absolute atomic E-state index is 0.0288. The van der Waals surface area contributed by atoms with Crippen LogP contribution in [-0.4, -0.2) is 30.1 Å². The molecule has 21 heavy (non-hydrogen) atoms. The zero-order valence-electron chi connectivity index (χ0n) is 13.4. The van der Waals surface area contributed by atoms with Crippen molar-refractivity contribution in [2.24, 2.45) is 0 Å². The van der Waals surface area contributed by atoms with Gasteiger partial charge in [0, 0.05) is 0 Å². The second-order valence-electron chi connectivity index (χ2n) is 6.75. The van der Waals surface area contributed by atoms with Crippen molar-refractivity contribution < 1.29 is 9.53 Å². The van der Waals surface area contributed by atoms with E-state index >= 15 is 0 Å². The predicted molar refractivity (Wildman–Crippen MR) is 92.8 cm³/mol. The van der Waals surface area contributed by atoms with Crippen molar-refractivity contribution in [3.05, 3.63) is 35.9 Å². The molecule has 3 heteroatoms. The summed E-state index contributed by atoms with van der Waals surface area (Å²) in [5, 5.41) is 0. The number of rotatable bonds is 5. The molecule has 0 aliphatic carbocycles. The Labute approximate surface area is 129 Å². The maximum absolute atomic E-state index is 12.3. The van der Waals surface area contributed by atoms with Crippen molar-refractivity contribution in [1.29, 1.82) is 0 Å². The van der Waals surface area contributed by atoms with E-state index in [9.17, 15) is 4.79 Å². The summed E-state index contributed by atoms with van der Waals surface area (Å²) in [4.78, 5) is 12.3. The SMILES string of the molecule is CC(C)[PH]1(CC(=O)OCc2ccccc2)CCCCCC1. The van der Waals surface area contributed by atoms with Gasteiger partial charge < -0.3 is 0 Å². The van der Waals surface area contributed by atoms with Crippen LogP contribution in [0.5, 0.6) is 0 Å². The summed E-state index contributed by atoms with van der Waals surface area (Å²) in [5.74, 6) is 0.0288. The van der Waals surface area contributed by atoms with Crippen molar-refractivity contribution in [2.75, 3.05) is 18.5 Å². The minimum atomic E-state index is -1.49. The number of carbonyl (C=O) groups is 1. The van der Waals surface area contributed by atoms with Crippen molar-refractivity contribution in [1.82, 2.24) is 0 Å². The third-order valence-corrected chi connectivity index (χ3v) is 11.2. The first-order chi connectivity index (χ1) is 10.1. The third kappa shape index (κ3) is 4.81. The van der Waals surface area contributed by atoms with Crippen LogP contribution in [0, 0.1) is 0 Å². The third-order valence-electron chi connectivity index (χ3n) is 5.06. The monoisotopic (exact) mass is 308 g/mol. The van der Waals surface area contributed by atoms with Gasteiger partial charge in [0.2, 0.25) is 0 Å². The quantitative estimate of drug-likeness (QED) is 0.593. The van der Waals surface area contributed by atoms with Gasteiger partial charge >= 0.3 is 129 Å². The number of ether oxygens (including phenoxy) is 1. The molecule has 0 bridgehead atoms. The van der Waals surface area contributed by atoms with Crippen LogP contribution in [0.1, 0.15) is 45.1 Å². The summed E-state index contributed by atoms with van der Waals surface area (Å²) in [5.41, 5.74) is 1.76. The zero-order valence-corrected chi connectivity index (χ0v) is 14.4. The molecule has 0 amide bonds. The van der Waals surface area contributed by atoms with Crippen molar-refractivity contribution in [3.8, 4) is 0 Å². The second-order valence-corrected chi connectivity index (χ2v) is 12.0. The van der Waals surface area contributed by atoms with Crippen LogP contribution < -0.4 is 0 Å². The van der Waals surface area contributed by atoms with Crippen LogP contribution >= 0.6 is 7.26 Å². The topological polar surface area (TPSA) is 26.3 Å². The van der Waals surface area contributed by atoms with Crippen LogP contribution in [0.15, 0.2) is 30.3 Å². The molecular formula is C18H29O2P. The molecule has 0 aromatic heterocycles. The van der Waals surface area contributed by atoms with Gasteiger partial charge in [0.25, 0.3) is 0 Å². The molecule has 1 aliphatic heterocycles. The first kappa shape index (κ1) is 16.5. The van der Waals surface area contributed by atoms with E-state index in [2.05, 4.69) is 13.8 Å². The second kappa shape index (κ2) is 7.94. The van der Waals surface area contributed by atoms with Gasteiger partial charge in [-0.05, 0) is 0 Å². The molecule has 0 spiro atoms. The van der Waals surface area contributed by atoms with Gasteiger partial charge in [0.15, 0.2) is 0 Å². The van der Waals surface area contributed by atoms with Crippen molar-refractivity contribution >= 4 is 13.2 Å². The van der Waals surface area contributed by atoms with Gasteiger partial charge in [-0.3, -0.25) is 0 Å². The average Bonchev–Trinajstić information content (AvgIpc) is 2.73. The number of hydrogen-bond donors (Lipinski definition) is 0. The van der Waals surface area contributed by atoms with Crippen molar-refractivity contribution in [3.63, 3.8) is 0 Å². The molecule has 0 radical (unpaired) electrons. The Morgan fingerprint density at radius 2 is 1.71 bits per heavy atom. The molecule has 1 saturated heterocycles. The Balaban J connectivity index is 1.92. The molecule has 1 aromatic rings. The normalized spacial score (nSPS) is 19.8. The van der Waals surface area contributed by atoms with Crippen LogP contribution in [-0.2, 0) is 16.1 Å². The summed E-state index contributed by atoms with van der Waals surface area (Å²) in [6, 6.07) is 9.97. The standard InChI is InChI=1S/C18H29O2P/c1-16(2)21(12-8-3-4-9-13-21)15-18(19)20-14-17-10-6-5-7-11-17/h5-7,10-11,16,21H,3-4,8-9,12-15H2,1-2H3. The van der Waals surface area contributed by atoms with Crippen LogP contribution in [0.25, 0.3) is 0 Å². The van der Waals surface area contributed by atoms with Gasteiger partial charge in [-0.15, -0.1) is 0 Å². The molecule has 1 aromatic carbocycles. The van der Waals surface area contributed by atoms with Crippen LogP contribution in [0.4, 0.5) is 0 Å². The number of hydrogen-bond acceptors (Lipinski definition) is 2. The molecule has 0 unspecified atom stereocenters. The fraction of sp³-hybridized carbons (Fsp3) is 0.611. The fourth-order valence-electron chi connectivity index (χ4n) is 3.47. The van der Waals surface area contributed by atoms with E-state index in [1.54, 1.807) is 0 Å². The first-order valence-electron chi connectivity index (χ1n) is 8.32. The Kier molecular flexibility index (Phi) is 6.23. The molecule has 118 valence electrons. The number of carbonyl (C=O) groups excluding carboxylic acids is 1. The van der Waals surface area contributed by atoms with E-state index < -0.39 is 7.26 Å². The summed E-state index contributed by atoms with van der Waals surface area (Å²) in [6.45, 7) is 5.06. The predicted octanol–water partition coefficient (Wildman–Crippen LogP) is 4.46. The average molecular weight is 308 g/mol. The molecular weight excluding hydrogens is 279 g/mol. The van der Waals surface area contributed by atoms with Crippen LogP contribution in [0.3, 0.4) is 0 Å². The molecule has 1 fully saturated rings. The molecule has 2 nitrogen and oxygen atoms in total. The van der Waals surface area contributed by atoms with Gasteiger partial charge in [0.05, 0.1) is 0 Å². The van der Waals surface area contributed by atoms with E-state index in [-0.39, 0.29) is 5.97 Å². The Morgan fingerprint density at radius 1 is 1.10 bits per heavy atom. The molecule has 0 saturated carbocycles. The fourth-order valence-corrected chi connectivity index (χ4v) is 8.22. The molecule has 1 heterocycles. The summed E-state index contributed by atoms with van der Waals surface area (Å²) in [7, 11) is -1.49. The molecule has 1 aliphatic rings. The molecule has 2 rings (SSSR count). The summed E-state index contributed by atoms with van der Waals surface area (Å²) >= 11 is 0. The summed E-state index contributed by atoms with van der Waals surface area (Å²) < 4.78 is 5.54. The molecule has 0 atom stereocenters. The van der Waals surface area contributed by atoms with Crippen molar-refractivity contribution in [2.45, 2.75) is 51.8 Å². The van der Waals surface area contributed by atoms with E-state index in [0.717, 1.165) is 11.7 Å². The maximum atomic E-state index is 12.3. The van der Waals surface area contributed by atoms with E-state index in [1.807, 2.05) is 30.3 Å².